The van der Waals surface area contributed by atoms with Crippen LogP contribution in [0.15, 0.2) is 22.0 Å². The van der Waals surface area contributed by atoms with Crippen molar-refractivity contribution in [3.63, 3.8) is 0 Å². The molecule has 3 atom stereocenters. The highest BCUT2D eigenvalue weighted by molar-refractivity contribution is 8.01. The van der Waals surface area contributed by atoms with Crippen LogP contribution < -0.4 is 0 Å². The van der Waals surface area contributed by atoms with E-state index in [0.29, 0.717) is 0 Å². The number of carbonyl (C=O) groups is 3. The van der Waals surface area contributed by atoms with E-state index in [2.05, 4.69) is 15.0 Å². The molecule has 0 aromatic heterocycles. The standard InChI is InChI=1S/C12H13N3O5S/c1-11(2)6(7(16)17)15-9(19)12(10(15)21-11)4-5(13-14-12)8(18)20-3/h4,6,10H,1-3H3,(H,16,17)/t6-,10-,12-/m1/s1. The summed E-state index contributed by atoms with van der Waals surface area (Å²) in [5, 5.41) is 16.5. The number of carboxylic acid groups (broad SMARTS) is 1. The zero-order chi connectivity index (χ0) is 15.6. The zero-order valence-corrected chi connectivity index (χ0v) is 12.4. The van der Waals surface area contributed by atoms with Gasteiger partial charge in [-0.05, 0) is 19.9 Å². The number of hydrogen-bond donors (Lipinski definition) is 1. The highest BCUT2D eigenvalue weighted by atomic mass is 32.2. The summed E-state index contributed by atoms with van der Waals surface area (Å²) in [6.07, 6.45) is 1.37. The van der Waals surface area contributed by atoms with Crippen molar-refractivity contribution in [3.05, 3.63) is 11.8 Å². The fourth-order valence-corrected chi connectivity index (χ4v) is 4.55. The Bertz CT molecular complexity index is 628. The molecule has 2 saturated heterocycles. The lowest BCUT2D eigenvalue weighted by molar-refractivity contribution is -0.162. The van der Waals surface area contributed by atoms with Crippen molar-refractivity contribution in [2.45, 2.75) is 35.5 Å². The van der Waals surface area contributed by atoms with E-state index >= 15 is 0 Å². The predicted molar refractivity (Wildman–Crippen MR) is 71.4 cm³/mol. The first-order chi connectivity index (χ1) is 9.74. The van der Waals surface area contributed by atoms with Crippen molar-refractivity contribution in [1.82, 2.24) is 4.90 Å². The summed E-state index contributed by atoms with van der Waals surface area (Å²) < 4.78 is 3.91. The second kappa shape index (κ2) is 4.06. The van der Waals surface area contributed by atoms with E-state index in [0.717, 1.165) is 0 Å². The first-order valence-corrected chi connectivity index (χ1v) is 7.10. The number of amides is 1. The Kier molecular flexibility index (Phi) is 2.72. The second-order valence-corrected chi connectivity index (χ2v) is 7.31. The quantitative estimate of drug-likeness (QED) is 0.584. The van der Waals surface area contributed by atoms with Gasteiger partial charge in [0, 0.05) is 4.75 Å². The minimum absolute atomic E-state index is 0.0253. The number of azo groups is 1. The molecule has 3 rings (SSSR count). The molecule has 8 nitrogen and oxygen atoms in total. The Morgan fingerprint density at radius 3 is 2.71 bits per heavy atom. The van der Waals surface area contributed by atoms with E-state index < -0.39 is 39.5 Å². The van der Waals surface area contributed by atoms with Gasteiger partial charge in [-0.25, -0.2) is 9.59 Å². The van der Waals surface area contributed by atoms with Crippen LogP contribution in [0.3, 0.4) is 0 Å². The van der Waals surface area contributed by atoms with Crippen LogP contribution in [0.25, 0.3) is 0 Å². The third-order valence-corrected chi connectivity index (χ3v) is 5.51. The number of methoxy groups -OCH3 is 1. The highest BCUT2D eigenvalue weighted by Gasteiger charge is 2.72. The number of esters is 1. The second-order valence-electron chi connectivity index (χ2n) is 5.57. The lowest BCUT2D eigenvalue weighted by Gasteiger charge is -2.47. The number of rotatable bonds is 2. The van der Waals surface area contributed by atoms with Crippen LogP contribution in [-0.4, -0.2) is 56.7 Å². The van der Waals surface area contributed by atoms with Gasteiger partial charge in [0.2, 0.25) is 5.54 Å². The molecule has 21 heavy (non-hydrogen) atoms. The lowest BCUT2D eigenvalue weighted by Crippen LogP contribution is -2.71. The molecule has 2 fully saturated rings. The van der Waals surface area contributed by atoms with E-state index in [4.69, 9.17) is 0 Å². The summed E-state index contributed by atoms with van der Waals surface area (Å²) >= 11 is 1.35. The summed E-state index contributed by atoms with van der Waals surface area (Å²) in [5.74, 6) is -2.16. The summed E-state index contributed by atoms with van der Waals surface area (Å²) in [6.45, 7) is 3.54. The molecule has 3 aliphatic rings. The van der Waals surface area contributed by atoms with Gasteiger partial charge in [0.05, 0.1) is 7.11 Å². The first-order valence-electron chi connectivity index (χ1n) is 6.22. The first kappa shape index (κ1) is 14.1. The summed E-state index contributed by atoms with van der Waals surface area (Å²) in [6, 6.07) is -0.920. The molecule has 1 amide bonds. The molecule has 1 N–H and O–H groups in total. The third kappa shape index (κ3) is 1.60. The van der Waals surface area contributed by atoms with E-state index in [1.165, 1.54) is 29.8 Å². The summed E-state index contributed by atoms with van der Waals surface area (Å²) in [7, 11) is 1.21. The molecule has 0 saturated carbocycles. The van der Waals surface area contributed by atoms with Gasteiger partial charge in [-0.2, -0.15) is 5.11 Å². The summed E-state index contributed by atoms with van der Waals surface area (Å²) in [4.78, 5) is 36.6. The molecule has 0 aromatic carbocycles. The number of fused-ring (bicyclic) bond motifs is 2. The van der Waals surface area contributed by atoms with E-state index in [1.54, 1.807) is 13.8 Å². The molecule has 3 heterocycles. The number of carboxylic acids is 1. The Labute approximate surface area is 124 Å². The van der Waals surface area contributed by atoms with Crippen molar-refractivity contribution >= 4 is 29.6 Å². The minimum Gasteiger partial charge on any atom is -0.480 e. The monoisotopic (exact) mass is 311 g/mol. The molecule has 112 valence electrons. The number of carbonyl (C=O) groups excluding carboxylic acids is 2. The Morgan fingerprint density at radius 2 is 2.14 bits per heavy atom. The van der Waals surface area contributed by atoms with Gasteiger partial charge in [-0.1, -0.05) is 0 Å². The van der Waals surface area contributed by atoms with Crippen LogP contribution in [0.2, 0.25) is 0 Å². The van der Waals surface area contributed by atoms with Crippen LogP contribution in [-0.2, 0) is 19.1 Å². The average Bonchev–Trinajstić information content (AvgIpc) is 2.97. The fraction of sp³-hybridized carbons (Fsp3) is 0.583. The van der Waals surface area contributed by atoms with Crippen LogP contribution in [0.5, 0.6) is 0 Å². The largest absolute Gasteiger partial charge is 0.480 e. The van der Waals surface area contributed by atoms with Crippen LogP contribution >= 0.6 is 11.8 Å². The Morgan fingerprint density at radius 1 is 1.48 bits per heavy atom. The smallest absolute Gasteiger partial charge is 0.358 e. The fourth-order valence-electron chi connectivity index (χ4n) is 2.90. The Hall–Kier alpha value is -1.90. The van der Waals surface area contributed by atoms with E-state index in [1.807, 2.05) is 0 Å². The number of aliphatic carboxylic acids is 1. The average molecular weight is 311 g/mol. The van der Waals surface area contributed by atoms with Gasteiger partial charge >= 0.3 is 11.9 Å². The van der Waals surface area contributed by atoms with Crippen molar-refractivity contribution < 1.29 is 24.2 Å². The van der Waals surface area contributed by atoms with Gasteiger partial charge in [0.25, 0.3) is 5.91 Å². The van der Waals surface area contributed by atoms with Gasteiger partial charge in [0.1, 0.15) is 11.4 Å². The molecule has 1 spiro atoms. The molecular weight excluding hydrogens is 298 g/mol. The highest BCUT2D eigenvalue weighted by Crippen LogP contribution is 2.58. The molecule has 3 aliphatic heterocycles. The molecule has 0 bridgehead atoms. The van der Waals surface area contributed by atoms with Crippen molar-refractivity contribution in [2.75, 3.05) is 7.11 Å². The number of hydrogen-bond acceptors (Lipinski definition) is 7. The molecule has 0 aromatic rings. The maximum absolute atomic E-state index is 12.4. The molecule has 0 radical (unpaired) electrons. The number of ether oxygens (including phenoxy) is 1. The topological polar surface area (TPSA) is 109 Å². The molecular formula is C12H13N3O5S. The maximum atomic E-state index is 12.4. The van der Waals surface area contributed by atoms with Crippen LogP contribution in [0, 0.1) is 0 Å². The molecule has 0 aliphatic carbocycles. The zero-order valence-electron chi connectivity index (χ0n) is 11.6. The van der Waals surface area contributed by atoms with Gasteiger partial charge in [-0.15, -0.1) is 16.9 Å². The van der Waals surface area contributed by atoms with Crippen molar-refractivity contribution in [3.8, 4) is 0 Å². The number of thioether (sulfide) groups is 1. The van der Waals surface area contributed by atoms with E-state index in [-0.39, 0.29) is 5.70 Å². The Balaban J connectivity index is 1.97. The number of β-lactam (4-membered cyclic amide) rings is 1. The predicted octanol–water partition coefficient (Wildman–Crippen LogP) is 0.395. The van der Waals surface area contributed by atoms with Gasteiger partial charge in [0.15, 0.2) is 5.70 Å². The van der Waals surface area contributed by atoms with Gasteiger partial charge < -0.3 is 14.7 Å². The van der Waals surface area contributed by atoms with Crippen LogP contribution in [0.1, 0.15) is 13.8 Å². The lowest BCUT2D eigenvalue weighted by atomic mass is 9.85. The normalized spacial score (nSPS) is 35.5. The molecule has 0 unspecified atom stereocenters. The van der Waals surface area contributed by atoms with Gasteiger partial charge in [-0.3, -0.25) is 4.79 Å². The maximum Gasteiger partial charge on any atom is 0.358 e. The van der Waals surface area contributed by atoms with Crippen LogP contribution in [0.4, 0.5) is 0 Å². The van der Waals surface area contributed by atoms with Crippen molar-refractivity contribution in [2.24, 2.45) is 10.2 Å². The van der Waals surface area contributed by atoms with E-state index in [9.17, 15) is 19.5 Å². The van der Waals surface area contributed by atoms with Crippen molar-refractivity contribution in [1.29, 1.82) is 0 Å². The number of nitrogens with zero attached hydrogens (tertiary/aromatic N) is 3. The third-order valence-electron chi connectivity index (χ3n) is 3.87. The molecule has 9 heteroatoms. The summed E-state index contributed by atoms with van der Waals surface area (Å²) in [5.41, 5.74) is -1.29. The SMILES string of the molecule is COC(=O)C1=C[C@@]2(N=N1)C(=O)N1[C@H](C(=O)O)C(C)(C)S[C@@H]12. The minimum atomic E-state index is -1.27.